The minimum Gasteiger partial charge on any atom is -0.325 e. The van der Waals surface area contributed by atoms with Gasteiger partial charge in [-0.1, -0.05) is 53.7 Å². The zero-order valence-corrected chi connectivity index (χ0v) is 17.1. The number of anilines is 1. The Balaban J connectivity index is 1.67. The summed E-state index contributed by atoms with van der Waals surface area (Å²) < 4.78 is 2.79. The Hall–Kier alpha value is -1.83. The number of benzene rings is 2. The SMILES string of the molecule is CCn1c(SCC(=O)Nc2ccc(Br)c(Cl)c2)nnc1-c1ccccc1. The largest absolute Gasteiger partial charge is 0.325 e. The molecule has 3 aromatic rings. The van der Waals surface area contributed by atoms with Gasteiger partial charge in [0.2, 0.25) is 5.91 Å². The van der Waals surface area contributed by atoms with E-state index in [1.807, 2.05) is 41.8 Å². The van der Waals surface area contributed by atoms with E-state index in [9.17, 15) is 4.79 Å². The number of carbonyl (C=O) groups excluding carboxylic acids is 1. The van der Waals surface area contributed by atoms with E-state index in [2.05, 4.69) is 31.4 Å². The maximum atomic E-state index is 12.2. The van der Waals surface area contributed by atoms with Crippen LogP contribution in [-0.4, -0.2) is 26.4 Å². The second-order valence-electron chi connectivity index (χ2n) is 5.38. The normalized spacial score (nSPS) is 10.7. The molecule has 0 saturated carbocycles. The molecule has 134 valence electrons. The summed E-state index contributed by atoms with van der Waals surface area (Å²) in [4.78, 5) is 12.2. The van der Waals surface area contributed by atoms with E-state index in [1.165, 1.54) is 11.8 Å². The number of aromatic nitrogens is 3. The molecule has 0 spiro atoms. The summed E-state index contributed by atoms with van der Waals surface area (Å²) in [5, 5.41) is 12.6. The number of rotatable bonds is 6. The fourth-order valence-corrected chi connectivity index (χ4v) is 3.61. The van der Waals surface area contributed by atoms with Crippen molar-refractivity contribution in [1.82, 2.24) is 14.8 Å². The predicted molar refractivity (Wildman–Crippen MR) is 110 cm³/mol. The third kappa shape index (κ3) is 4.47. The molecule has 0 bridgehead atoms. The molecule has 0 radical (unpaired) electrons. The van der Waals surface area contributed by atoms with E-state index in [0.717, 1.165) is 27.6 Å². The highest BCUT2D eigenvalue weighted by molar-refractivity contribution is 9.10. The average molecular weight is 452 g/mol. The van der Waals surface area contributed by atoms with E-state index >= 15 is 0 Å². The Kier molecular flexibility index (Phi) is 6.34. The Morgan fingerprint density at radius 1 is 1.23 bits per heavy atom. The summed E-state index contributed by atoms with van der Waals surface area (Å²) in [6, 6.07) is 15.2. The Labute approximate surface area is 169 Å². The van der Waals surface area contributed by atoms with Crippen LogP contribution in [0, 0.1) is 0 Å². The molecule has 0 aliphatic carbocycles. The van der Waals surface area contributed by atoms with Gasteiger partial charge in [-0.05, 0) is 41.1 Å². The first-order valence-corrected chi connectivity index (χ1v) is 10.1. The van der Waals surface area contributed by atoms with Crippen LogP contribution in [0.4, 0.5) is 5.69 Å². The quantitative estimate of drug-likeness (QED) is 0.529. The van der Waals surface area contributed by atoms with E-state index in [-0.39, 0.29) is 11.7 Å². The van der Waals surface area contributed by atoms with E-state index < -0.39 is 0 Å². The topological polar surface area (TPSA) is 59.8 Å². The first-order valence-electron chi connectivity index (χ1n) is 7.94. The van der Waals surface area contributed by atoms with Crippen molar-refractivity contribution in [3.05, 3.63) is 58.0 Å². The van der Waals surface area contributed by atoms with Gasteiger partial charge < -0.3 is 9.88 Å². The number of nitrogens with zero attached hydrogens (tertiary/aromatic N) is 3. The van der Waals surface area contributed by atoms with Crippen molar-refractivity contribution >= 4 is 50.9 Å². The zero-order valence-electron chi connectivity index (χ0n) is 13.9. The lowest BCUT2D eigenvalue weighted by molar-refractivity contribution is -0.113. The van der Waals surface area contributed by atoms with E-state index in [1.54, 1.807) is 18.2 Å². The van der Waals surface area contributed by atoms with Crippen LogP contribution in [-0.2, 0) is 11.3 Å². The number of amides is 1. The highest BCUT2D eigenvalue weighted by Crippen LogP contribution is 2.26. The smallest absolute Gasteiger partial charge is 0.234 e. The Bertz CT molecular complexity index is 917. The van der Waals surface area contributed by atoms with Crippen LogP contribution in [0.3, 0.4) is 0 Å². The van der Waals surface area contributed by atoms with Crippen molar-refractivity contribution < 1.29 is 4.79 Å². The van der Waals surface area contributed by atoms with Crippen LogP contribution >= 0.6 is 39.3 Å². The minimum absolute atomic E-state index is 0.125. The number of hydrogen-bond donors (Lipinski definition) is 1. The van der Waals surface area contributed by atoms with Crippen LogP contribution < -0.4 is 5.32 Å². The molecule has 0 atom stereocenters. The lowest BCUT2D eigenvalue weighted by atomic mass is 10.2. The molecule has 0 unspecified atom stereocenters. The first kappa shape index (κ1) is 18.9. The number of carbonyl (C=O) groups is 1. The van der Waals surface area contributed by atoms with Gasteiger partial charge in [0.25, 0.3) is 0 Å². The molecule has 0 aliphatic heterocycles. The van der Waals surface area contributed by atoms with Crippen molar-refractivity contribution in [2.45, 2.75) is 18.6 Å². The van der Waals surface area contributed by atoms with Gasteiger partial charge in [0.1, 0.15) is 0 Å². The monoisotopic (exact) mass is 450 g/mol. The van der Waals surface area contributed by atoms with Gasteiger partial charge >= 0.3 is 0 Å². The van der Waals surface area contributed by atoms with Gasteiger partial charge in [-0.3, -0.25) is 4.79 Å². The van der Waals surface area contributed by atoms with Crippen molar-refractivity contribution in [3.8, 4) is 11.4 Å². The van der Waals surface area contributed by atoms with Crippen molar-refractivity contribution in [2.24, 2.45) is 0 Å². The molecule has 1 heterocycles. The number of halogens is 2. The van der Waals surface area contributed by atoms with Gasteiger partial charge in [0.15, 0.2) is 11.0 Å². The third-order valence-corrected chi connectivity index (χ3v) is 5.80. The molecule has 0 aliphatic rings. The molecule has 26 heavy (non-hydrogen) atoms. The molecule has 5 nitrogen and oxygen atoms in total. The summed E-state index contributed by atoms with van der Waals surface area (Å²) in [5.41, 5.74) is 1.66. The molecular weight excluding hydrogens is 436 g/mol. The van der Waals surface area contributed by atoms with Crippen LogP contribution in [0.2, 0.25) is 5.02 Å². The lowest BCUT2D eigenvalue weighted by Crippen LogP contribution is -2.14. The number of nitrogens with one attached hydrogen (secondary N) is 1. The van der Waals surface area contributed by atoms with E-state index in [0.29, 0.717) is 10.7 Å². The Morgan fingerprint density at radius 3 is 2.69 bits per heavy atom. The summed E-state index contributed by atoms with van der Waals surface area (Å²) in [6.07, 6.45) is 0. The predicted octanol–water partition coefficient (Wildman–Crippen LogP) is 5.11. The highest BCUT2D eigenvalue weighted by atomic mass is 79.9. The Morgan fingerprint density at radius 2 is 2.00 bits per heavy atom. The fraction of sp³-hybridized carbons (Fsp3) is 0.167. The molecule has 2 aromatic carbocycles. The number of thioether (sulfide) groups is 1. The molecular formula is C18H16BrClN4OS. The molecule has 1 amide bonds. The summed E-state index contributed by atoms with van der Waals surface area (Å²) in [6.45, 7) is 2.76. The lowest BCUT2D eigenvalue weighted by Gasteiger charge is -2.08. The van der Waals surface area contributed by atoms with Crippen molar-refractivity contribution in [3.63, 3.8) is 0 Å². The van der Waals surface area contributed by atoms with Crippen molar-refractivity contribution in [1.29, 1.82) is 0 Å². The van der Waals surface area contributed by atoms with Gasteiger partial charge in [0, 0.05) is 22.3 Å². The van der Waals surface area contributed by atoms with Crippen LogP contribution in [0.1, 0.15) is 6.92 Å². The molecule has 8 heteroatoms. The molecule has 0 saturated heterocycles. The first-order chi connectivity index (χ1) is 12.6. The van der Waals surface area contributed by atoms with Crippen molar-refractivity contribution in [2.75, 3.05) is 11.1 Å². The molecule has 1 N–H and O–H groups in total. The summed E-state index contributed by atoms with van der Waals surface area (Å²) >= 11 is 10.7. The highest BCUT2D eigenvalue weighted by Gasteiger charge is 2.14. The molecule has 1 aromatic heterocycles. The summed E-state index contributed by atoms with van der Waals surface area (Å²) in [5.74, 6) is 0.914. The molecule has 3 rings (SSSR count). The molecule has 0 fully saturated rings. The average Bonchev–Trinajstić information content (AvgIpc) is 3.07. The third-order valence-electron chi connectivity index (χ3n) is 3.60. The van der Waals surface area contributed by atoms with Crippen LogP contribution in [0.5, 0.6) is 0 Å². The maximum Gasteiger partial charge on any atom is 0.234 e. The van der Waals surface area contributed by atoms with Crippen LogP contribution in [0.25, 0.3) is 11.4 Å². The van der Waals surface area contributed by atoms with Gasteiger partial charge in [0.05, 0.1) is 10.8 Å². The van der Waals surface area contributed by atoms with Gasteiger partial charge in [-0.2, -0.15) is 0 Å². The number of hydrogen-bond acceptors (Lipinski definition) is 4. The van der Waals surface area contributed by atoms with Gasteiger partial charge in [-0.25, -0.2) is 0 Å². The fourth-order valence-electron chi connectivity index (χ4n) is 2.38. The maximum absolute atomic E-state index is 12.2. The zero-order chi connectivity index (χ0) is 18.5. The summed E-state index contributed by atoms with van der Waals surface area (Å²) in [7, 11) is 0. The standard InChI is InChI=1S/C18H16BrClN4OS/c1-2-24-17(12-6-4-3-5-7-12)22-23-18(24)26-11-16(25)21-13-8-9-14(19)15(20)10-13/h3-10H,2,11H2,1H3,(H,21,25). The second kappa shape index (κ2) is 8.70. The minimum atomic E-state index is -0.125. The second-order valence-corrected chi connectivity index (χ2v) is 7.59. The van der Waals surface area contributed by atoms with Gasteiger partial charge in [-0.15, -0.1) is 10.2 Å². The van der Waals surface area contributed by atoms with E-state index in [4.69, 9.17) is 11.6 Å². The van der Waals surface area contributed by atoms with Crippen LogP contribution in [0.15, 0.2) is 58.2 Å².